The van der Waals surface area contributed by atoms with Crippen molar-refractivity contribution in [2.75, 3.05) is 19.5 Å². The Kier molecular flexibility index (Phi) is 6.62. The number of halogens is 2. The Labute approximate surface area is 162 Å². The molecule has 0 atom stereocenters. The van der Waals surface area contributed by atoms with Crippen LogP contribution >= 0.6 is 31.9 Å². The van der Waals surface area contributed by atoms with Gasteiger partial charge in [-0.3, -0.25) is 4.79 Å². The molecular formula is C18H14Br2N2O3. The molecule has 5 nitrogen and oxygen atoms in total. The Morgan fingerprint density at radius 3 is 2.48 bits per heavy atom. The van der Waals surface area contributed by atoms with E-state index in [4.69, 9.17) is 9.47 Å². The molecule has 2 aromatic carbocycles. The van der Waals surface area contributed by atoms with Crippen LogP contribution in [0.25, 0.3) is 6.08 Å². The fourth-order valence-corrected chi connectivity index (χ4v) is 3.09. The third kappa shape index (κ3) is 4.62. The molecule has 2 aromatic rings. The maximum absolute atomic E-state index is 12.4. The fourth-order valence-electron chi connectivity index (χ4n) is 2.09. The first-order chi connectivity index (χ1) is 12.0. The van der Waals surface area contributed by atoms with E-state index >= 15 is 0 Å². The summed E-state index contributed by atoms with van der Waals surface area (Å²) in [5, 5.41) is 12.0. The summed E-state index contributed by atoms with van der Waals surface area (Å²) in [6, 6.07) is 12.5. The zero-order chi connectivity index (χ0) is 18.4. The molecular weight excluding hydrogens is 452 g/mol. The summed E-state index contributed by atoms with van der Waals surface area (Å²) in [5.74, 6) is 0.530. The molecule has 0 bridgehead atoms. The van der Waals surface area contributed by atoms with Crippen molar-refractivity contribution < 1.29 is 14.3 Å². The molecule has 0 aliphatic carbocycles. The number of benzene rings is 2. The van der Waals surface area contributed by atoms with Gasteiger partial charge in [0.05, 0.1) is 24.4 Å². The third-order valence-corrected chi connectivity index (χ3v) is 4.53. The summed E-state index contributed by atoms with van der Waals surface area (Å²) >= 11 is 6.74. The maximum Gasteiger partial charge on any atom is 0.266 e. The molecule has 1 amide bonds. The van der Waals surface area contributed by atoms with Crippen molar-refractivity contribution in [1.82, 2.24) is 0 Å². The van der Waals surface area contributed by atoms with Gasteiger partial charge in [-0.2, -0.15) is 5.26 Å². The average molecular weight is 466 g/mol. The second-order valence-corrected chi connectivity index (χ2v) is 6.55. The lowest BCUT2D eigenvalue weighted by molar-refractivity contribution is -0.112. The van der Waals surface area contributed by atoms with Gasteiger partial charge in [0.2, 0.25) is 0 Å². The largest absolute Gasteiger partial charge is 0.493 e. The van der Waals surface area contributed by atoms with Crippen molar-refractivity contribution in [1.29, 1.82) is 5.26 Å². The normalized spacial score (nSPS) is 10.8. The van der Waals surface area contributed by atoms with Crippen LogP contribution in [0.3, 0.4) is 0 Å². The predicted octanol–water partition coefficient (Wildman–Crippen LogP) is 4.77. The molecule has 128 valence electrons. The van der Waals surface area contributed by atoms with E-state index in [0.29, 0.717) is 27.2 Å². The van der Waals surface area contributed by atoms with E-state index in [-0.39, 0.29) is 5.57 Å². The van der Waals surface area contributed by atoms with Crippen LogP contribution in [0, 0.1) is 11.3 Å². The van der Waals surface area contributed by atoms with Crippen molar-refractivity contribution >= 4 is 49.5 Å². The maximum atomic E-state index is 12.4. The van der Waals surface area contributed by atoms with Crippen LogP contribution in [0.2, 0.25) is 0 Å². The Morgan fingerprint density at radius 1 is 1.16 bits per heavy atom. The first-order valence-electron chi connectivity index (χ1n) is 7.09. The lowest BCUT2D eigenvalue weighted by Gasteiger charge is -2.11. The summed E-state index contributed by atoms with van der Waals surface area (Å²) in [6.07, 6.45) is 1.49. The first kappa shape index (κ1) is 19.0. The quantitative estimate of drug-likeness (QED) is 0.509. The van der Waals surface area contributed by atoms with Crippen LogP contribution in [0.5, 0.6) is 11.5 Å². The number of hydrogen-bond acceptors (Lipinski definition) is 4. The number of nitriles is 1. The summed E-state index contributed by atoms with van der Waals surface area (Å²) in [6.45, 7) is 0. The number of amides is 1. The Hall–Kier alpha value is -2.30. The van der Waals surface area contributed by atoms with Crippen molar-refractivity contribution in [3.63, 3.8) is 0 Å². The number of ether oxygens (including phenoxy) is 2. The minimum atomic E-state index is -0.500. The Morgan fingerprint density at radius 2 is 1.88 bits per heavy atom. The molecule has 0 aliphatic heterocycles. The molecule has 0 aliphatic rings. The monoisotopic (exact) mass is 464 g/mol. The van der Waals surface area contributed by atoms with E-state index < -0.39 is 5.91 Å². The molecule has 0 radical (unpaired) electrons. The van der Waals surface area contributed by atoms with E-state index in [2.05, 4.69) is 37.2 Å². The van der Waals surface area contributed by atoms with E-state index in [1.165, 1.54) is 20.3 Å². The molecule has 25 heavy (non-hydrogen) atoms. The highest BCUT2D eigenvalue weighted by atomic mass is 79.9. The number of anilines is 1. The van der Waals surface area contributed by atoms with Crippen LogP contribution in [0.15, 0.2) is 50.9 Å². The molecule has 1 N–H and O–H groups in total. The van der Waals surface area contributed by atoms with Crippen LogP contribution < -0.4 is 14.8 Å². The van der Waals surface area contributed by atoms with Crippen molar-refractivity contribution in [2.24, 2.45) is 0 Å². The minimum Gasteiger partial charge on any atom is -0.493 e. The number of carbonyl (C=O) groups is 1. The molecule has 0 unspecified atom stereocenters. The van der Waals surface area contributed by atoms with Gasteiger partial charge in [-0.25, -0.2) is 0 Å². The van der Waals surface area contributed by atoms with E-state index in [0.717, 1.165) is 4.47 Å². The van der Waals surface area contributed by atoms with Gasteiger partial charge in [-0.1, -0.05) is 12.1 Å². The molecule has 0 heterocycles. The van der Waals surface area contributed by atoms with Crippen LogP contribution in [-0.4, -0.2) is 20.1 Å². The van der Waals surface area contributed by atoms with Gasteiger partial charge in [-0.05, 0) is 67.8 Å². The van der Waals surface area contributed by atoms with Gasteiger partial charge in [0, 0.05) is 4.47 Å². The fraction of sp³-hybridized carbons (Fsp3) is 0.111. The van der Waals surface area contributed by atoms with Crippen LogP contribution in [-0.2, 0) is 4.79 Å². The summed E-state index contributed by atoms with van der Waals surface area (Å²) in [4.78, 5) is 12.4. The summed E-state index contributed by atoms with van der Waals surface area (Å²) in [7, 11) is 3.05. The zero-order valence-corrected chi connectivity index (χ0v) is 16.6. The Balaban J connectivity index is 2.34. The van der Waals surface area contributed by atoms with Gasteiger partial charge >= 0.3 is 0 Å². The molecule has 0 spiro atoms. The lowest BCUT2D eigenvalue weighted by atomic mass is 10.1. The van der Waals surface area contributed by atoms with E-state index in [9.17, 15) is 10.1 Å². The molecule has 7 heteroatoms. The van der Waals surface area contributed by atoms with Crippen molar-refractivity contribution in [3.05, 3.63) is 56.5 Å². The SMILES string of the molecule is COc1cc(/C=C(\C#N)C(=O)Nc2ccccc2Br)cc(Br)c1OC. The number of rotatable bonds is 5. The zero-order valence-electron chi connectivity index (χ0n) is 13.5. The second kappa shape index (κ2) is 8.70. The molecule has 0 fully saturated rings. The third-order valence-electron chi connectivity index (χ3n) is 3.25. The number of para-hydroxylation sites is 1. The topological polar surface area (TPSA) is 71.3 Å². The van der Waals surface area contributed by atoms with Gasteiger partial charge in [-0.15, -0.1) is 0 Å². The highest BCUT2D eigenvalue weighted by molar-refractivity contribution is 9.11. The van der Waals surface area contributed by atoms with E-state index in [1.807, 2.05) is 12.1 Å². The van der Waals surface area contributed by atoms with Gasteiger partial charge < -0.3 is 14.8 Å². The molecule has 2 rings (SSSR count). The number of nitrogens with zero attached hydrogens (tertiary/aromatic N) is 1. The van der Waals surface area contributed by atoms with Crippen molar-refractivity contribution in [2.45, 2.75) is 0 Å². The average Bonchev–Trinajstić information content (AvgIpc) is 2.60. The summed E-state index contributed by atoms with van der Waals surface area (Å²) in [5.41, 5.74) is 1.18. The molecule has 0 saturated heterocycles. The van der Waals surface area contributed by atoms with Crippen molar-refractivity contribution in [3.8, 4) is 17.6 Å². The number of carbonyl (C=O) groups excluding carboxylic acids is 1. The summed E-state index contributed by atoms with van der Waals surface area (Å²) < 4.78 is 11.9. The Bertz CT molecular complexity index is 873. The van der Waals surface area contributed by atoms with Crippen LogP contribution in [0.4, 0.5) is 5.69 Å². The standard InChI is InChI=1S/C18H14Br2N2O3/c1-24-16-9-11(8-14(20)17(16)25-2)7-12(10-21)18(23)22-15-6-4-3-5-13(15)19/h3-9H,1-2H3,(H,22,23)/b12-7+. The lowest BCUT2D eigenvalue weighted by Crippen LogP contribution is -2.13. The van der Waals surface area contributed by atoms with Gasteiger partial charge in [0.15, 0.2) is 11.5 Å². The second-order valence-electron chi connectivity index (χ2n) is 4.84. The molecule has 0 aromatic heterocycles. The number of nitrogens with one attached hydrogen (secondary N) is 1. The number of hydrogen-bond donors (Lipinski definition) is 1. The van der Waals surface area contributed by atoms with E-state index in [1.54, 1.807) is 30.3 Å². The highest BCUT2D eigenvalue weighted by Gasteiger charge is 2.14. The smallest absolute Gasteiger partial charge is 0.266 e. The minimum absolute atomic E-state index is 0.0325. The highest BCUT2D eigenvalue weighted by Crippen LogP contribution is 2.36. The van der Waals surface area contributed by atoms with Gasteiger partial charge in [0.25, 0.3) is 5.91 Å². The molecule has 0 saturated carbocycles. The van der Waals surface area contributed by atoms with Crippen LogP contribution in [0.1, 0.15) is 5.56 Å². The van der Waals surface area contributed by atoms with Gasteiger partial charge in [0.1, 0.15) is 11.6 Å². The number of methoxy groups -OCH3 is 2. The predicted molar refractivity (Wildman–Crippen MR) is 104 cm³/mol. The first-order valence-corrected chi connectivity index (χ1v) is 8.68.